The van der Waals surface area contributed by atoms with Crippen molar-refractivity contribution in [2.24, 2.45) is 0 Å². The number of hydrogen-bond donors (Lipinski definition) is 1. The van der Waals surface area contributed by atoms with Crippen LogP contribution in [-0.2, 0) is 6.42 Å². The van der Waals surface area contributed by atoms with Gasteiger partial charge in [-0.2, -0.15) is 11.3 Å². The highest BCUT2D eigenvalue weighted by atomic mass is 32.1. The average molecular weight is 211 g/mol. The van der Waals surface area contributed by atoms with Gasteiger partial charge in [0.25, 0.3) is 0 Å². The number of likely N-dealkylation sites (tertiary alicyclic amines) is 1. The molecule has 1 aliphatic heterocycles. The van der Waals surface area contributed by atoms with Gasteiger partial charge in [0, 0.05) is 19.5 Å². The van der Waals surface area contributed by atoms with Gasteiger partial charge >= 0.3 is 0 Å². The number of rotatable bonds is 3. The standard InChI is InChI=1S/C11H17NOS/c1-2-12-5-4-11(13,9-12)7-10-3-6-14-8-10/h3,6,8,13H,2,4-5,7,9H2,1H3. The number of thiophene rings is 1. The van der Waals surface area contributed by atoms with Crippen LogP contribution in [0.3, 0.4) is 0 Å². The molecule has 0 aromatic carbocycles. The smallest absolute Gasteiger partial charge is 0.0826 e. The van der Waals surface area contributed by atoms with E-state index < -0.39 is 5.60 Å². The lowest BCUT2D eigenvalue weighted by atomic mass is 9.95. The minimum absolute atomic E-state index is 0.475. The predicted octanol–water partition coefficient (Wildman–Crippen LogP) is 1.75. The molecule has 1 aliphatic rings. The summed E-state index contributed by atoms with van der Waals surface area (Å²) in [4.78, 5) is 2.31. The summed E-state index contributed by atoms with van der Waals surface area (Å²) in [5, 5.41) is 14.5. The maximum absolute atomic E-state index is 10.3. The Kier molecular flexibility index (Phi) is 2.91. The lowest BCUT2D eigenvalue weighted by Gasteiger charge is -2.22. The summed E-state index contributed by atoms with van der Waals surface area (Å²) in [6.07, 6.45) is 1.73. The summed E-state index contributed by atoms with van der Waals surface area (Å²) in [6, 6.07) is 2.11. The maximum atomic E-state index is 10.3. The van der Waals surface area contributed by atoms with Gasteiger partial charge in [0.05, 0.1) is 5.60 Å². The first-order valence-corrected chi connectivity index (χ1v) is 6.12. The molecule has 1 saturated heterocycles. The maximum Gasteiger partial charge on any atom is 0.0826 e. The van der Waals surface area contributed by atoms with Crippen molar-refractivity contribution >= 4 is 11.3 Å². The Morgan fingerprint density at radius 3 is 3.07 bits per heavy atom. The van der Waals surface area contributed by atoms with Crippen molar-refractivity contribution in [1.29, 1.82) is 0 Å². The Morgan fingerprint density at radius 2 is 2.50 bits per heavy atom. The molecule has 3 heteroatoms. The first-order valence-electron chi connectivity index (χ1n) is 5.18. The third-order valence-electron chi connectivity index (χ3n) is 2.97. The quantitative estimate of drug-likeness (QED) is 0.823. The minimum Gasteiger partial charge on any atom is -0.388 e. The van der Waals surface area contributed by atoms with Gasteiger partial charge in [0.1, 0.15) is 0 Å². The van der Waals surface area contributed by atoms with E-state index in [9.17, 15) is 5.11 Å². The summed E-state index contributed by atoms with van der Waals surface area (Å²) >= 11 is 1.70. The Morgan fingerprint density at radius 1 is 1.64 bits per heavy atom. The molecule has 14 heavy (non-hydrogen) atoms. The second-order valence-electron chi connectivity index (χ2n) is 4.15. The van der Waals surface area contributed by atoms with Gasteiger partial charge in [0.15, 0.2) is 0 Å². The van der Waals surface area contributed by atoms with Gasteiger partial charge in [-0.3, -0.25) is 0 Å². The van der Waals surface area contributed by atoms with Crippen LogP contribution in [0.25, 0.3) is 0 Å². The predicted molar refractivity (Wildman–Crippen MR) is 59.7 cm³/mol. The average Bonchev–Trinajstić information content (AvgIpc) is 2.76. The van der Waals surface area contributed by atoms with Crippen molar-refractivity contribution in [2.45, 2.75) is 25.4 Å². The molecule has 1 atom stereocenters. The lowest BCUT2D eigenvalue weighted by molar-refractivity contribution is 0.0503. The molecule has 2 rings (SSSR count). The van der Waals surface area contributed by atoms with Crippen LogP contribution in [0.2, 0.25) is 0 Å². The zero-order chi connectivity index (χ0) is 10.0. The molecule has 0 spiro atoms. The van der Waals surface area contributed by atoms with Crippen LogP contribution in [0, 0.1) is 0 Å². The van der Waals surface area contributed by atoms with Crippen molar-refractivity contribution in [3.05, 3.63) is 22.4 Å². The van der Waals surface area contributed by atoms with E-state index in [0.717, 1.165) is 32.5 Å². The highest BCUT2D eigenvalue weighted by Gasteiger charge is 2.35. The van der Waals surface area contributed by atoms with E-state index in [4.69, 9.17) is 0 Å². The molecule has 0 radical (unpaired) electrons. The molecule has 1 unspecified atom stereocenters. The number of nitrogens with zero attached hydrogens (tertiary/aromatic N) is 1. The Bertz CT molecular complexity index is 285. The fourth-order valence-corrected chi connectivity index (χ4v) is 2.80. The first-order chi connectivity index (χ1) is 6.72. The van der Waals surface area contributed by atoms with Crippen LogP contribution in [-0.4, -0.2) is 35.2 Å². The van der Waals surface area contributed by atoms with Crippen molar-refractivity contribution < 1.29 is 5.11 Å². The lowest BCUT2D eigenvalue weighted by Crippen LogP contribution is -2.35. The molecular weight excluding hydrogens is 194 g/mol. The molecule has 1 fully saturated rings. The molecule has 2 heterocycles. The summed E-state index contributed by atoms with van der Waals surface area (Å²) in [7, 11) is 0. The van der Waals surface area contributed by atoms with Crippen LogP contribution in [0.4, 0.5) is 0 Å². The molecule has 1 aromatic heterocycles. The zero-order valence-corrected chi connectivity index (χ0v) is 9.39. The second kappa shape index (κ2) is 4.01. The van der Waals surface area contributed by atoms with E-state index in [1.165, 1.54) is 5.56 Å². The highest BCUT2D eigenvalue weighted by molar-refractivity contribution is 7.07. The van der Waals surface area contributed by atoms with E-state index in [1.807, 2.05) is 0 Å². The van der Waals surface area contributed by atoms with E-state index in [1.54, 1.807) is 11.3 Å². The molecule has 0 bridgehead atoms. The molecule has 78 valence electrons. The Balaban J connectivity index is 1.97. The van der Waals surface area contributed by atoms with Crippen molar-refractivity contribution in [1.82, 2.24) is 4.90 Å². The van der Waals surface area contributed by atoms with Crippen LogP contribution in [0.15, 0.2) is 16.8 Å². The summed E-state index contributed by atoms with van der Waals surface area (Å²) < 4.78 is 0. The second-order valence-corrected chi connectivity index (χ2v) is 4.93. The molecule has 2 nitrogen and oxygen atoms in total. The van der Waals surface area contributed by atoms with E-state index in [0.29, 0.717) is 0 Å². The highest BCUT2D eigenvalue weighted by Crippen LogP contribution is 2.25. The van der Waals surface area contributed by atoms with E-state index in [-0.39, 0.29) is 0 Å². The van der Waals surface area contributed by atoms with Crippen LogP contribution in [0.5, 0.6) is 0 Å². The van der Waals surface area contributed by atoms with Crippen molar-refractivity contribution in [3.8, 4) is 0 Å². The molecular formula is C11H17NOS. The third-order valence-corrected chi connectivity index (χ3v) is 3.70. The number of β-amino-alcohol motifs (C(OH)–C–C–N with tert-alkyl or cyclic N) is 1. The minimum atomic E-state index is -0.475. The summed E-state index contributed by atoms with van der Waals surface area (Å²) in [6.45, 7) is 5.07. The number of likely N-dealkylation sites (N-methyl/N-ethyl adjacent to an activating group) is 1. The van der Waals surface area contributed by atoms with Gasteiger partial charge in [-0.05, 0) is 35.4 Å². The van der Waals surface area contributed by atoms with Crippen LogP contribution in [0.1, 0.15) is 18.9 Å². The Hall–Kier alpha value is -0.380. The van der Waals surface area contributed by atoms with Crippen molar-refractivity contribution in [2.75, 3.05) is 19.6 Å². The molecule has 0 amide bonds. The number of hydrogen-bond acceptors (Lipinski definition) is 3. The van der Waals surface area contributed by atoms with Gasteiger partial charge in [-0.25, -0.2) is 0 Å². The van der Waals surface area contributed by atoms with Crippen LogP contribution < -0.4 is 0 Å². The topological polar surface area (TPSA) is 23.5 Å². The molecule has 1 aromatic rings. The van der Waals surface area contributed by atoms with Gasteiger partial charge in [-0.1, -0.05) is 6.92 Å². The van der Waals surface area contributed by atoms with E-state index >= 15 is 0 Å². The molecule has 1 N–H and O–H groups in total. The van der Waals surface area contributed by atoms with E-state index in [2.05, 4.69) is 28.7 Å². The fraction of sp³-hybridized carbons (Fsp3) is 0.636. The fourth-order valence-electron chi connectivity index (χ4n) is 2.13. The third kappa shape index (κ3) is 2.16. The SMILES string of the molecule is CCN1CCC(O)(Cc2ccsc2)C1. The molecule has 0 aliphatic carbocycles. The summed E-state index contributed by atoms with van der Waals surface area (Å²) in [5.41, 5.74) is 0.798. The first kappa shape index (κ1) is 10.1. The normalized spacial score (nSPS) is 28.4. The molecule has 0 saturated carbocycles. The largest absolute Gasteiger partial charge is 0.388 e. The van der Waals surface area contributed by atoms with Gasteiger partial charge in [0.2, 0.25) is 0 Å². The van der Waals surface area contributed by atoms with Gasteiger partial charge < -0.3 is 10.0 Å². The van der Waals surface area contributed by atoms with Crippen LogP contribution >= 0.6 is 11.3 Å². The Labute approximate surface area is 89.2 Å². The van der Waals surface area contributed by atoms with Crippen molar-refractivity contribution in [3.63, 3.8) is 0 Å². The summed E-state index contributed by atoms with van der Waals surface area (Å²) in [5.74, 6) is 0. The number of aliphatic hydroxyl groups is 1. The zero-order valence-electron chi connectivity index (χ0n) is 8.57. The van der Waals surface area contributed by atoms with Gasteiger partial charge in [-0.15, -0.1) is 0 Å². The monoisotopic (exact) mass is 211 g/mol.